The first-order valence-electron chi connectivity index (χ1n) is 5.97. The lowest BCUT2D eigenvalue weighted by Gasteiger charge is -2.35. The Kier molecular flexibility index (Phi) is 5.03. The number of halogens is 2. The summed E-state index contributed by atoms with van der Waals surface area (Å²) < 4.78 is 7.37. The van der Waals surface area contributed by atoms with Gasteiger partial charge in [0.05, 0.1) is 11.7 Å². The molecule has 5 heteroatoms. The summed E-state index contributed by atoms with van der Waals surface area (Å²) in [7, 11) is 0. The number of benzene rings is 1. The van der Waals surface area contributed by atoms with Crippen LogP contribution in [0.2, 0.25) is 0 Å². The van der Waals surface area contributed by atoms with Crippen LogP contribution >= 0.6 is 38.5 Å². The highest BCUT2D eigenvalue weighted by atomic mass is 127. The zero-order valence-electron chi connectivity index (χ0n) is 10.1. The van der Waals surface area contributed by atoms with Gasteiger partial charge in [0.2, 0.25) is 0 Å². The Balaban J connectivity index is 1.91. The Hall–Kier alpha value is -0.140. The van der Waals surface area contributed by atoms with Crippen LogP contribution in [0.4, 0.5) is 0 Å². The van der Waals surface area contributed by atoms with Crippen LogP contribution in [-0.2, 0) is 4.74 Å². The highest BCUT2D eigenvalue weighted by Gasteiger charge is 2.31. The fourth-order valence-electron chi connectivity index (χ4n) is 1.99. The molecule has 3 nitrogen and oxygen atoms in total. The summed E-state index contributed by atoms with van der Waals surface area (Å²) in [5.41, 5.74) is 0.727. The maximum absolute atomic E-state index is 12.1. The van der Waals surface area contributed by atoms with Gasteiger partial charge in [-0.3, -0.25) is 4.79 Å². The normalized spacial score (nSPS) is 22.4. The third-order valence-corrected chi connectivity index (χ3v) is 4.44. The van der Waals surface area contributed by atoms with Crippen molar-refractivity contribution in [3.63, 3.8) is 0 Å². The molecule has 18 heavy (non-hydrogen) atoms. The van der Waals surface area contributed by atoms with Crippen molar-refractivity contribution in [1.82, 2.24) is 5.32 Å². The topological polar surface area (TPSA) is 38.3 Å². The minimum absolute atomic E-state index is 0.000600. The third-order valence-electron chi connectivity index (χ3n) is 3.01. The number of carbonyl (C=O) groups excluding carboxylic acids is 1. The minimum Gasteiger partial charge on any atom is -0.378 e. The van der Waals surface area contributed by atoms with Crippen molar-refractivity contribution in [3.8, 4) is 0 Å². The van der Waals surface area contributed by atoms with Crippen molar-refractivity contribution < 1.29 is 9.53 Å². The molecular weight excluding hydrogens is 409 g/mol. The first-order chi connectivity index (χ1) is 8.60. The van der Waals surface area contributed by atoms with E-state index in [1.165, 1.54) is 0 Å². The number of ether oxygens (including phenoxy) is 1. The molecule has 0 aliphatic heterocycles. The van der Waals surface area contributed by atoms with Crippen LogP contribution in [0.25, 0.3) is 0 Å². The lowest BCUT2D eigenvalue weighted by atomic mass is 9.89. The predicted octanol–water partition coefficient (Wildman–Crippen LogP) is 3.35. The van der Waals surface area contributed by atoms with Crippen molar-refractivity contribution in [3.05, 3.63) is 31.8 Å². The molecule has 0 spiro atoms. The van der Waals surface area contributed by atoms with Gasteiger partial charge in [0.1, 0.15) is 0 Å². The molecule has 1 saturated carbocycles. The van der Waals surface area contributed by atoms with Gasteiger partial charge in [0.15, 0.2) is 0 Å². The van der Waals surface area contributed by atoms with E-state index in [9.17, 15) is 4.79 Å². The molecule has 1 amide bonds. The van der Waals surface area contributed by atoms with Crippen molar-refractivity contribution in [2.24, 2.45) is 0 Å². The molecule has 0 aromatic heterocycles. The van der Waals surface area contributed by atoms with Crippen LogP contribution in [0.1, 0.15) is 30.1 Å². The van der Waals surface area contributed by atoms with Crippen LogP contribution in [0, 0.1) is 3.57 Å². The summed E-state index contributed by atoms with van der Waals surface area (Å²) >= 11 is 5.57. The second kappa shape index (κ2) is 6.34. The van der Waals surface area contributed by atoms with Crippen molar-refractivity contribution in [2.75, 3.05) is 6.61 Å². The Morgan fingerprint density at radius 2 is 2.28 bits per heavy atom. The van der Waals surface area contributed by atoms with Crippen molar-refractivity contribution in [1.29, 1.82) is 0 Å². The standard InChI is InChI=1S/C13H15BrINO2/c1-2-18-10-6-9(7-10)16-13(17)11-5-8(14)3-4-12(11)15/h3-5,9-10H,2,6-7H2,1H3,(H,16,17). The largest absolute Gasteiger partial charge is 0.378 e. The second-order valence-corrected chi connectivity index (χ2v) is 6.42. The molecule has 1 N–H and O–H groups in total. The summed E-state index contributed by atoms with van der Waals surface area (Å²) in [6.07, 6.45) is 2.16. The minimum atomic E-state index is 0.000600. The highest BCUT2D eigenvalue weighted by Crippen LogP contribution is 2.24. The molecule has 0 radical (unpaired) electrons. The highest BCUT2D eigenvalue weighted by molar-refractivity contribution is 14.1. The molecule has 98 valence electrons. The number of carbonyl (C=O) groups is 1. The van der Waals surface area contributed by atoms with Crippen molar-refractivity contribution >= 4 is 44.4 Å². The van der Waals surface area contributed by atoms with Gasteiger partial charge < -0.3 is 10.1 Å². The van der Waals surface area contributed by atoms with E-state index in [-0.39, 0.29) is 11.9 Å². The first kappa shape index (κ1) is 14.3. The van der Waals surface area contributed by atoms with Crippen LogP contribution < -0.4 is 5.32 Å². The van der Waals surface area contributed by atoms with Gasteiger partial charge in [-0.15, -0.1) is 0 Å². The van der Waals surface area contributed by atoms with Gasteiger partial charge in [-0.2, -0.15) is 0 Å². The van der Waals surface area contributed by atoms with E-state index in [1.54, 1.807) is 0 Å². The summed E-state index contributed by atoms with van der Waals surface area (Å²) in [6.45, 7) is 2.74. The number of hydrogen-bond donors (Lipinski definition) is 1. The van der Waals surface area contributed by atoms with Crippen LogP contribution in [0.15, 0.2) is 22.7 Å². The van der Waals surface area contributed by atoms with Crippen LogP contribution in [-0.4, -0.2) is 24.7 Å². The predicted molar refractivity (Wildman–Crippen MR) is 82.8 cm³/mol. The van der Waals surface area contributed by atoms with E-state index < -0.39 is 0 Å². The smallest absolute Gasteiger partial charge is 0.252 e. The SMILES string of the molecule is CCOC1CC(NC(=O)c2cc(Br)ccc2I)C1. The van der Waals surface area contributed by atoms with Gasteiger partial charge in [-0.1, -0.05) is 15.9 Å². The van der Waals surface area contributed by atoms with Crippen LogP contribution in [0.5, 0.6) is 0 Å². The summed E-state index contributed by atoms with van der Waals surface area (Å²) in [4.78, 5) is 12.1. The molecular formula is C13H15BrINO2. The Morgan fingerprint density at radius 3 is 2.94 bits per heavy atom. The fourth-order valence-corrected chi connectivity index (χ4v) is 2.93. The molecule has 1 aliphatic rings. The average molecular weight is 424 g/mol. The first-order valence-corrected chi connectivity index (χ1v) is 7.85. The van der Waals surface area contributed by atoms with Gasteiger partial charge in [-0.05, 0) is 60.6 Å². The van der Waals surface area contributed by atoms with E-state index in [2.05, 4.69) is 43.8 Å². The molecule has 0 bridgehead atoms. The Bertz CT molecular complexity index is 447. The van der Waals surface area contributed by atoms with Gasteiger partial charge >= 0.3 is 0 Å². The van der Waals surface area contributed by atoms with E-state index in [4.69, 9.17) is 4.74 Å². The maximum atomic E-state index is 12.1. The number of nitrogens with one attached hydrogen (secondary N) is 1. The average Bonchev–Trinajstić information content (AvgIpc) is 2.29. The lowest BCUT2D eigenvalue weighted by Crippen LogP contribution is -2.47. The Labute approximate surface area is 129 Å². The van der Waals surface area contributed by atoms with Gasteiger partial charge in [0.25, 0.3) is 5.91 Å². The number of amides is 1. The molecule has 0 saturated heterocycles. The van der Waals surface area contributed by atoms with E-state index in [0.717, 1.165) is 33.1 Å². The molecule has 1 fully saturated rings. The summed E-state index contributed by atoms with van der Waals surface area (Å²) in [5.74, 6) is 0.000600. The zero-order chi connectivity index (χ0) is 13.1. The van der Waals surface area contributed by atoms with Crippen LogP contribution in [0.3, 0.4) is 0 Å². The van der Waals surface area contributed by atoms with Gasteiger partial charge in [-0.25, -0.2) is 0 Å². The second-order valence-electron chi connectivity index (χ2n) is 4.34. The quantitative estimate of drug-likeness (QED) is 0.754. The van der Waals surface area contributed by atoms with E-state index in [0.29, 0.717) is 6.10 Å². The lowest BCUT2D eigenvalue weighted by molar-refractivity contribution is -0.00863. The number of rotatable bonds is 4. The molecule has 0 atom stereocenters. The maximum Gasteiger partial charge on any atom is 0.252 e. The summed E-state index contributed by atoms with van der Waals surface area (Å²) in [6, 6.07) is 5.98. The molecule has 2 rings (SSSR count). The molecule has 1 aliphatic carbocycles. The third kappa shape index (κ3) is 3.45. The number of hydrogen-bond acceptors (Lipinski definition) is 2. The molecule has 0 heterocycles. The van der Waals surface area contributed by atoms with E-state index in [1.807, 2.05) is 25.1 Å². The molecule has 1 aromatic carbocycles. The van der Waals surface area contributed by atoms with Gasteiger partial charge in [0, 0.05) is 20.7 Å². The molecule has 1 aromatic rings. The monoisotopic (exact) mass is 423 g/mol. The zero-order valence-corrected chi connectivity index (χ0v) is 13.8. The molecule has 0 unspecified atom stereocenters. The summed E-state index contributed by atoms with van der Waals surface area (Å²) in [5, 5.41) is 3.04. The Morgan fingerprint density at radius 1 is 1.56 bits per heavy atom. The van der Waals surface area contributed by atoms with Crippen molar-refractivity contribution in [2.45, 2.75) is 31.9 Å². The van der Waals surface area contributed by atoms with E-state index >= 15 is 0 Å². The fraction of sp³-hybridized carbons (Fsp3) is 0.462.